The molecule has 1 aromatic carbocycles. The molecule has 1 aliphatic rings. The fourth-order valence-electron chi connectivity index (χ4n) is 3.12. The van der Waals surface area contributed by atoms with Crippen LogP contribution in [0.4, 0.5) is 0 Å². The van der Waals surface area contributed by atoms with Gasteiger partial charge in [-0.3, -0.25) is 4.79 Å². The summed E-state index contributed by atoms with van der Waals surface area (Å²) in [4.78, 5) is 24.1. The number of sulfonamides is 1. The van der Waals surface area contributed by atoms with Gasteiger partial charge in [0.05, 0.1) is 12.7 Å². The van der Waals surface area contributed by atoms with Crippen LogP contribution in [-0.2, 0) is 19.6 Å². The number of nitrogens with one attached hydrogen (secondary N) is 2. The van der Waals surface area contributed by atoms with E-state index in [9.17, 15) is 18.0 Å². The molecule has 2 atom stereocenters. The quantitative estimate of drug-likeness (QED) is 0.673. The number of methoxy groups -OCH3 is 1. The summed E-state index contributed by atoms with van der Waals surface area (Å²) >= 11 is 0. The molecule has 1 aromatic rings. The first kappa shape index (κ1) is 21.2. The molecule has 27 heavy (non-hydrogen) atoms. The molecule has 0 radical (unpaired) electrons. The molecule has 2 rings (SSSR count). The molecule has 0 aliphatic heterocycles. The Morgan fingerprint density at radius 1 is 1.22 bits per heavy atom. The zero-order valence-electron chi connectivity index (χ0n) is 15.8. The van der Waals surface area contributed by atoms with Gasteiger partial charge < -0.3 is 14.8 Å². The van der Waals surface area contributed by atoms with Crippen molar-refractivity contribution in [1.82, 2.24) is 10.0 Å². The van der Waals surface area contributed by atoms with Crippen molar-refractivity contribution in [3.63, 3.8) is 0 Å². The Hall–Kier alpha value is -2.13. The number of ether oxygens (including phenoxy) is 2. The van der Waals surface area contributed by atoms with Crippen LogP contribution in [0.2, 0.25) is 0 Å². The van der Waals surface area contributed by atoms with Crippen LogP contribution >= 0.6 is 0 Å². The van der Waals surface area contributed by atoms with E-state index in [-0.39, 0.29) is 28.2 Å². The molecule has 1 saturated carbocycles. The third-order valence-electron chi connectivity index (χ3n) is 4.75. The largest absolute Gasteiger partial charge is 0.495 e. The number of carbonyl (C=O) groups is 2. The normalized spacial score (nSPS) is 20.0. The van der Waals surface area contributed by atoms with Crippen molar-refractivity contribution >= 4 is 21.9 Å². The van der Waals surface area contributed by atoms with Crippen molar-refractivity contribution in [3.05, 3.63) is 23.8 Å². The number of hydrogen-bond acceptors (Lipinski definition) is 6. The second kappa shape index (κ2) is 9.18. The summed E-state index contributed by atoms with van der Waals surface area (Å²) < 4.78 is 36.4. The highest BCUT2D eigenvalue weighted by atomic mass is 32.2. The lowest BCUT2D eigenvalue weighted by atomic mass is 9.86. The Bertz CT molecular complexity index is 793. The van der Waals surface area contributed by atoms with Crippen LogP contribution in [0.25, 0.3) is 0 Å². The van der Waals surface area contributed by atoms with E-state index in [0.717, 1.165) is 31.7 Å². The number of amides is 1. The predicted octanol–water partition coefficient (Wildman–Crippen LogP) is 1.45. The molecule has 0 aromatic heterocycles. The van der Waals surface area contributed by atoms with Gasteiger partial charge >= 0.3 is 5.97 Å². The number of benzene rings is 1. The minimum Gasteiger partial charge on any atom is -0.495 e. The fraction of sp³-hybridized carbons (Fsp3) is 0.556. The Morgan fingerprint density at radius 2 is 1.93 bits per heavy atom. The van der Waals surface area contributed by atoms with Crippen molar-refractivity contribution in [3.8, 4) is 5.75 Å². The Balaban J connectivity index is 2.01. The summed E-state index contributed by atoms with van der Waals surface area (Å²) in [5, 5.41) is 2.90. The molecule has 0 saturated heterocycles. The highest BCUT2D eigenvalue weighted by molar-refractivity contribution is 7.89. The third kappa shape index (κ3) is 5.43. The molecular weight excluding hydrogens is 372 g/mol. The lowest BCUT2D eigenvalue weighted by Gasteiger charge is -2.29. The first-order valence-electron chi connectivity index (χ1n) is 8.86. The van der Waals surface area contributed by atoms with Crippen LogP contribution in [0, 0.1) is 5.92 Å². The molecular formula is C18H26N2O6S. The van der Waals surface area contributed by atoms with Gasteiger partial charge in [0.2, 0.25) is 10.0 Å². The summed E-state index contributed by atoms with van der Waals surface area (Å²) in [6, 6.07) is 4.01. The van der Waals surface area contributed by atoms with Crippen LogP contribution < -0.4 is 14.8 Å². The smallest absolute Gasteiger partial charge is 0.338 e. The summed E-state index contributed by atoms with van der Waals surface area (Å²) in [5.74, 6) is -0.644. The van der Waals surface area contributed by atoms with Crippen LogP contribution in [0.5, 0.6) is 5.75 Å². The minimum absolute atomic E-state index is 0.0171. The van der Waals surface area contributed by atoms with Crippen LogP contribution in [0.15, 0.2) is 23.1 Å². The van der Waals surface area contributed by atoms with Gasteiger partial charge in [-0.25, -0.2) is 17.9 Å². The average molecular weight is 398 g/mol. The van der Waals surface area contributed by atoms with E-state index in [1.165, 1.54) is 26.3 Å². The Labute approximate surface area is 159 Å². The third-order valence-corrected chi connectivity index (χ3v) is 6.19. The summed E-state index contributed by atoms with van der Waals surface area (Å²) in [6.45, 7) is 1.68. The molecule has 0 bridgehead atoms. The summed E-state index contributed by atoms with van der Waals surface area (Å²) in [6.07, 6.45) is 4.23. The molecule has 1 aliphatic carbocycles. The zero-order chi connectivity index (χ0) is 20.0. The topological polar surface area (TPSA) is 111 Å². The van der Waals surface area contributed by atoms with Crippen molar-refractivity contribution in [1.29, 1.82) is 0 Å². The molecule has 0 spiro atoms. The van der Waals surface area contributed by atoms with Crippen molar-refractivity contribution in [2.24, 2.45) is 5.92 Å². The summed E-state index contributed by atoms with van der Waals surface area (Å²) in [5.41, 5.74) is 0.0171. The SMILES string of the molecule is CNS(=O)(=O)c1cc(C(=O)OCC(=O)N[C@@H]2CCCC[C@@H]2C)ccc1OC. The monoisotopic (exact) mass is 398 g/mol. The molecule has 150 valence electrons. The second-order valence-electron chi connectivity index (χ2n) is 6.59. The lowest BCUT2D eigenvalue weighted by molar-refractivity contribution is -0.125. The molecule has 1 fully saturated rings. The van der Waals surface area contributed by atoms with Gasteiger partial charge in [0, 0.05) is 6.04 Å². The number of carbonyl (C=O) groups excluding carboxylic acids is 2. The van der Waals surface area contributed by atoms with E-state index >= 15 is 0 Å². The van der Waals surface area contributed by atoms with E-state index in [2.05, 4.69) is 17.0 Å². The van der Waals surface area contributed by atoms with Crippen molar-refractivity contribution in [2.75, 3.05) is 20.8 Å². The van der Waals surface area contributed by atoms with E-state index in [0.29, 0.717) is 5.92 Å². The van der Waals surface area contributed by atoms with E-state index < -0.39 is 22.6 Å². The highest BCUT2D eigenvalue weighted by Crippen LogP contribution is 2.25. The lowest BCUT2D eigenvalue weighted by Crippen LogP contribution is -2.42. The van der Waals surface area contributed by atoms with E-state index in [4.69, 9.17) is 9.47 Å². The maximum atomic E-state index is 12.2. The second-order valence-corrected chi connectivity index (χ2v) is 8.44. The maximum absolute atomic E-state index is 12.2. The van der Waals surface area contributed by atoms with Crippen molar-refractivity contribution < 1.29 is 27.5 Å². The van der Waals surface area contributed by atoms with E-state index in [1.54, 1.807) is 0 Å². The van der Waals surface area contributed by atoms with Gasteiger partial charge in [-0.1, -0.05) is 19.8 Å². The van der Waals surface area contributed by atoms with Crippen LogP contribution in [-0.4, -0.2) is 47.1 Å². The number of hydrogen-bond donors (Lipinski definition) is 2. The molecule has 0 unspecified atom stereocenters. The first-order chi connectivity index (χ1) is 12.8. The predicted molar refractivity (Wildman–Crippen MR) is 99.1 cm³/mol. The molecule has 0 heterocycles. The number of esters is 1. The van der Waals surface area contributed by atoms with Crippen LogP contribution in [0.3, 0.4) is 0 Å². The van der Waals surface area contributed by atoms with Gasteiger partial charge in [0.15, 0.2) is 6.61 Å². The zero-order valence-corrected chi connectivity index (χ0v) is 16.6. The maximum Gasteiger partial charge on any atom is 0.338 e. The van der Waals surface area contributed by atoms with Gasteiger partial charge in [-0.05, 0) is 44.0 Å². The Morgan fingerprint density at radius 3 is 2.56 bits per heavy atom. The highest BCUT2D eigenvalue weighted by Gasteiger charge is 2.24. The molecule has 1 amide bonds. The molecule has 8 nitrogen and oxygen atoms in total. The van der Waals surface area contributed by atoms with Gasteiger partial charge in [-0.2, -0.15) is 0 Å². The van der Waals surface area contributed by atoms with Gasteiger partial charge in [0.1, 0.15) is 10.6 Å². The first-order valence-corrected chi connectivity index (χ1v) is 10.3. The molecule has 9 heteroatoms. The Kier molecular flexibility index (Phi) is 7.20. The van der Waals surface area contributed by atoms with Gasteiger partial charge in [0.25, 0.3) is 5.91 Å². The standard InChI is InChI=1S/C18H26N2O6S/c1-12-6-4-5-7-14(12)20-17(21)11-26-18(22)13-8-9-15(25-3)16(10-13)27(23,24)19-2/h8-10,12,14,19H,4-7,11H2,1-3H3,(H,20,21)/t12-,14+/m0/s1. The van der Waals surface area contributed by atoms with E-state index in [1.807, 2.05) is 0 Å². The van der Waals surface area contributed by atoms with Crippen molar-refractivity contribution in [2.45, 2.75) is 43.5 Å². The molecule has 2 N–H and O–H groups in total. The van der Waals surface area contributed by atoms with Gasteiger partial charge in [-0.15, -0.1) is 0 Å². The van der Waals surface area contributed by atoms with Crippen LogP contribution in [0.1, 0.15) is 43.0 Å². The minimum atomic E-state index is -3.82. The average Bonchev–Trinajstić information content (AvgIpc) is 2.67. The fourth-order valence-corrected chi connectivity index (χ4v) is 4.04. The number of rotatable bonds is 7. The summed E-state index contributed by atoms with van der Waals surface area (Å²) in [7, 11) is -1.22.